The first-order chi connectivity index (χ1) is 7.20. The molecule has 6 heteroatoms. The van der Waals surface area contributed by atoms with Crippen LogP contribution in [0.1, 0.15) is 13.3 Å². The van der Waals surface area contributed by atoms with Crippen LogP contribution in [0.3, 0.4) is 0 Å². The number of rotatable bonds is 3. The van der Waals surface area contributed by atoms with Gasteiger partial charge in [-0.15, -0.1) is 11.3 Å². The summed E-state index contributed by atoms with van der Waals surface area (Å²) in [6.45, 7) is 2.10. The van der Waals surface area contributed by atoms with Crippen LogP contribution in [0, 0.1) is 0 Å². The summed E-state index contributed by atoms with van der Waals surface area (Å²) in [7, 11) is 0. The van der Waals surface area contributed by atoms with E-state index in [4.69, 9.17) is 0 Å². The van der Waals surface area contributed by atoms with Crippen LogP contribution in [0.5, 0.6) is 5.75 Å². The number of thioether (sulfide) groups is 1. The molecule has 15 heavy (non-hydrogen) atoms. The standard InChI is InChI=1S/C9H10N2O2S2/c1-2-3-14-9-11-8-7(15-9)5(12)4-6(13)10-8/h4H,2-3H2,1H3,(H2,10,12,13). The summed E-state index contributed by atoms with van der Waals surface area (Å²) in [6.07, 6.45) is 1.07. The Kier molecular flexibility index (Phi) is 2.97. The van der Waals surface area contributed by atoms with Crippen LogP contribution in [0.4, 0.5) is 0 Å². The average Bonchev–Trinajstić information content (AvgIpc) is 2.57. The number of nitrogens with zero attached hydrogens (tertiary/aromatic N) is 1. The van der Waals surface area contributed by atoms with Gasteiger partial charge in [-0.25, -0.2) is 4.98 Å². The molecular weight excluding hydrogens is 232 g/mol. The molecule has 2 heterocycles. The van der Waals surface area contributed by atoms with Crippen molar-refractivity contribution < 1.29 is 5.11 Å². The van der Waals surface area contributed by atoms with Gasteiger partial charge in [-0.1, -0.05) is 18.7 Å². The van der Waals surface area contributed by atoms with E-state index in [0.717, 1.165) is 16.5 Å². The van der Waals surface area contributed by atoms with Gasteiger partial charge in [0, 0.05) is 11.8 Å². The zero-order valence-corrected chi connectivity index (χ0v) is 9.74. The summed E-state index contributed by atoms with van der Waals surface area (Å²) < 4.78 is 1.53. The maximum Gasteiger partial charge on any atom is 0.253 e. The Morgan fingerprint density at radius 1 is 1.67 bits per heavy atom. The van der Waals surface area contributed by atoms with Gasteiger partial charge in [0.1, 0.15) is 10.4 Å². The van der Waals surface area contributed by atoms with Gasteiger partial charge < -0.3 is 10.1 Å². The number of nitrogens with one attached hydrogen (secondary N) is 1. The highest BCUT2D eigenvalue weighted by Crippen LogP contribution is 2.32. The van der Waals surface area contributed by atoms with E-state index >= 15 is 0 Å². The predicted octanol–water partition coefficient (Wildman–Crippen LogP) is 2.19. The number of aromatic hydroxyl groups is 1. The molecule has 0 aliphatic heterocycles. The third-order valence-corrected chi connectivity index (χ3v) is 4.21. The van der Waals surface area contributed by atoms with Gasteiger partial charge in [0.05, 0.1) is 0 Å². The summed E-state index contributed by atoms with van der Waals surface area (Å²) in [5, 5.41) is 9.53. The lowest BCUT2D eigenvalue weighted by atomic mass is 10.4. The summed E-state index contributed by atoms with van der Waals surface area (Å²) in [6, 6.07) is 1.18. The van der Waals surface area contributed by atoms with Crippen LogP contribution in [0.15, 0.2) is 15.2 Å². The highest BCUT2D eigenvalue weighted by atomic mass is 32.2. The first-order valence-electron chi connectivity index (χ1n) is 4.56. The van der Waals surface area contributed by atoms with Gasteiger partial charge in [0.2, 0.25) is 0 Å². The fourth-order valence-corrected chi connectivity index (χ4v) is 3.09. The molecule has 0 unspecified atom stereocenters. The molecule has 0 saturated heterocycles. The number of aromatic amines is 1. The van der Waals surface area contributed by atoms with Crippen molar-refractivity contribution in [2.24, 2.45) is 0 Å². The predicted molar refractivity (Wildman–Crippen MR) is 62.9 cm³/mol. The third kappa shape index (κ3) is 2.15. The number of pyridine rings is 1. The quantitative estimate of drug-likeness (QED) is 0.810. The lowest BCUT2D eigenvalue weighted by molar-refractivity contribution is 0.481. The highest BCUT2D eigenvalue weighted by Gasteiger charge is 2.09. The van der Waals surface area contributed by atoms with Gasteiger partial charge in [0.25, 0.3) is 5.56 Å². The second kappa shape index (κ2) is 4.24. The Hall–Kier alpha value is -1.01. The molecule has 0 spiro atoms. The van der Waals surface area contributed by atoms with E-state index in [-0.39, 0.29) is 11.3 Å². The topological polar surface area (TPSA) is 66.0 Å². The number of hydrogen-bond donors (Lipinski definition) is 2. The highest BCUT2D eigenvalue weighted by molar-refractivity contribution is 8.01. The Morgan fingerprint density at radius 3 is 3.20 bits per heavy atom. The van der Waals surface area contributed by atoms with Crippen molar-refractivity contribution in [1.82, 2.24) is 9.97 Å². The second-order valence-corrected chi connectivity index (χ2v) is 5.37. The minimum absolute atomic E-state index is 0.00889. The first-order valence-corrected chi connectivity index (χ1v) is 6.36. The van der Waals surface area contributed by atoms with Crippen molar-refractivity contribution in [2.45, 2.75) is 17.7 Å². The fraction of sp³-hybridized carbons (Fsp3) is 0.333. The van der Waals surface area contributed by atoms with E-state index in [1.54, 1.807) is 11.8 Å². The van der Waals surface area contributed by atoms with Crippen LogP contribution < -0.4 is 5.56 Å². The van der Waals surface area contributed by atoms with E-state index in [0.29, 0.717) is 10.3 Å². The SMILES string of the molecule is CCCSc1nc2[nH]c(=O)cc(O)c2s1. The first kappa shape index (κ1) is 10.5. The maximum absolute atomic E-state index is 11.1. The van der Waals surface area contributed by atoms with Crippen molar-refractivity contribution in [1.29, 1.82) is 0 Å². The van der Waals surface area contributed by atoms with Crippen LogP contribution in [0.25, 0.3) is 10.3 Å². The molecule has 0 aliphatic carbocycles. The molecular formula is C9H10N2O2S2. The van der Waals surface area contributed by atoms with E-state index in [9.17, 15) is 9.90 Å². The molecule has 0 fully saturated rings. The monoisotopic (exact) mass is 242 g/mol. The van der Waals surface area contributed by atoms with Crippen LogP contribution >= 0.6 is 23.1 Å². The Balaban J connectivity index is 2.46. The Labute approximate surface area is 94.4 Å². The van der Waals surface area contributed by atoms with E-state index in [1.807, 2.05) is 0 Å². The van der Waals surface area contributed by atoms with Crippen LogP contribution in [-0.2, 0) is 0 Å². The number of fused-ring (bicyclic) bond motifs is 1. The van der Waals surface area contributed by atoms with Gasteiger partial charge in [-0.05, 0) is 6.42 Å². The lowest BCUT2D eigenvalue weighted by Crippen LogP contribution is -2.02. The molecule has 2 rings (SSSR count). The van der Waals surface area contributed by atoms with Crippen LogP contribution in [0.2, 0.25) is 0 Å². The molecule has 0 saturated carbocycles. The maximum atomic E-state index is 11.1. The van der Waals surface area contributed by atoms with E-state index in [2.05, 4.69) is 16.9 Å². The summed E-state index contributed by atoms with van der Waals surface area (Å²) in [5.74, 6) is 1.000. The zero-order chi connectivity index (χ0) is 10.8. The number of aromatic nitrogens is 2. The average molecular weight is 242 g/mol. The zero-order valence-electron chi connectivity index (χ0n) is 8.11. The van der Waals surface area contributed by atoms with Crippen LogP contribution in [-0.4, -0.2) is 20.8 Å². The fourth-order valence-electron chi connectivity index (χ4n) is 1.15. The molecule has 2 aromatic rings. The van der Waals surface area contributed by atoms with Crippen molar-refractivity contribution >= 4 is 33.4 Å². The number of hydrogen-bond acceptors (Lipinski definition) is 5. The van der Waals surface area contributed by atoms with Crippen molar-refractivity contribution in [2.75, 3.05) is 5.75 Å². The third-order valence-electron chi connectivity index (χ3n) is 1.78. The van der Waals surface area contributed by atoms with E-state index in [1.165, 1.54) is 17.4 Å². The molecule has 0 bridgehead atoms. The molecule has 0 aromatic carbocycles. The Bertz CT molecular complexity index is 532. The largest absolute Gasteiger partial charge is 0.506 e. The molecule has 0 aliphatic rings. The number of thiazole rings is 1. The Morgan fingerprint density at radius 2 is 2.47 bits per heavy atom. The summed E-state index contributed by atoms with van der Waals surface area (Å²) in [4.78, 5) is 17.9. The normalized spacial score (nSPS) is 11.0. The second-order valence-electron chi connectivity index (χ2n) is 3.02. The minimum atomic E-state index is -0.322. The molecule has 0 amide bonds. The minimum Gasteiger partial charge on any atom is -0.506 e. The lowest BCUT2D eigenvalue weighted by Gasteiger charge is -1.89. The molecule has 0 radical (unpaired) electrons. The van der Waals surface area contributed by atoms with E-state index < -0.39 is 0 Å². The molecule has 80 valence electrons. The van der Waals surface area contributed by atoms with Gasteiger partial charge >= 0.3 is 0 Å². The van der Waals surface area contributed by atoms with Crippen molar-refractivity contribution in [3.05, 3.63) is 16.4 Å². The summed E-state index contributed by atoms with van der Waals surface area (Å²) >= 11 is 3.04. The van der Waals surface area contributed by atoms with Crippen molar-refractivity contribution in [3.63, 3.8) is 0 Å². The molecule has 2 aromatic heterocycles. The van der Waals surface area contributed by atoms with Gasteiger partial charge in [0.15, 0.2) is 9.99 Å². The van der Waals surface area contributed by atoms with Crippen molar-refractivity contribution in [3.8, 4) is 5.75 Å². The molecule has 0 atom stereocenters. The molecule has 2 N–H and O–H groups in total. The number of H-pyrrole nitrogens is 1. The summed E-state index contributed by atoms with van der Waals surface area (Å²) in [5.41, 5.74) is 0.154. The van der Waals surface area contributed by atoms with Gasteiger partial charge in [-0.3, -0.25) is 4.79 Å². The molecule has 4 nitrogen and oxygen atoms in total. The van der Waals surface area contributed by atoms with Gasteiger partial charge in [-0.2, -0.15) is 0 Å². The smallest absolute Gasteiger partial charge is 0.253 e.